The highest BCUT2D eigenvalue weighted by atomic mass is 16.7. The molecular weight excluding hydrogens is 1190 g/mol. The molecular formula is C81H135NO13. The Morgan fingerprint density at radius 1 is 0.389 bits per heavy atom. The summed E-state index contributed by atoms with van der Waals surface area (Å²) in [6, 6.07) is -0.952. The van der Waals surface area contributed by atoms with E-state index < -0.39 is 86.8 Å². The number of allylic oxidation sites excluding steroid dienone is 23. The van der Waals surface area contributed by atoms with Crippen molar-refractivity contribution in [2.24, 2.45) is 0 Å². The lowest BCUT2D eigenvalue weighted by molar-refractivity contribution is -0.359. The normalized spacial score (nSPS) is 23.2. The molecule has 2 aliphatic rings. The number of ether oxygens (including phenoxy) is 4. The van der Waals surface area contributed by atoms with Crippen molar-refractivity contribution in [2.75, 3.05) is 19.8 Å². The van der Waals surface area contributed by atoms with Crippen molar-refractivity contribution in [3.8, 4) is 0 Å². The monoisotopic (exact) mass is 1330 g/mol. The highest BCUT2D eigenvalue weighted by molar-refractivity contribution is 5.76. The predicted molar refractivity (Wildman–Crippen MR) is 391 cm³/mol. The SMILES string of the molecule is CC/C=C\C/C=C\C/C=C\C/C=C\C/C=C\C/C=C\C/C=C\C/C=C\C/C=C\C/C=C\CCCCCCCCC(=O)NC(COC1OC(CO)C(OC2OC(CO)C(O)C(O)C2O)C(O)C1O)C(O)/C=C/CC/C=C/CCCCCCCCCCCCCCCCCCCC. The second kappa shape index (κ2) is 63.3. The van der Waals surface area contributed by atoms with Crippen LogP contribution in [0.15, 0.2) is 146 Å². The molecule has 0 spiro atoms. The standard InChI is InChI=1S/C81H135NO13/c1-3-5-7-9-11-13-15-17-19-21-23-25-27-29-30-31-32-33-34-35-36-37-38-39-40-41-43-45-47-49-51-53-55-57-59-61-63-65-73(86)82-69(68-92-80-78(91)76(89)79(72(67-84)94-80)95-81-77(90)75(88)74(87)71(66-83)93-81)70(85)64-62-60-58-56-54-52-50-48-46-44-42-28-26-24-22-20-18-16-14-12-10-8-6-4-2/h5,7,11,13,17,19,23,25,29-30,32-33,35-36,38-39,41,43,47,49,54,56,62,64,69-72,74-81,83-85,87-91H,3-4,6,8-10,12,14-16,18,20-22,24,26-28,31,34,37,40,42,44-46,48,50-53,55,57-61,63,65-68H2,1-2H3,(H,82,86)/b7-5-,13-11-,19-17-,25-23-,30-29-,33-32-,36-35-,39-38-,43-41-,49-47-,56-54+,64-62+. The highest BCUT2D eigenvalue weighted by Crippen LogP contribution is 2.30. The number of hydrogen-bond donors (Lipinski definition) is 9. The molecule has 0 bridgehead atoms. The summed E-state index contributed by atoms with van der Waals surface area (Å²) in [4.78, 5) is 13.4. The number of amides is 1. The largest absolute Gasteiger partial charge is 0.394 e. The molecule has 0 aromatic heterocycles. The van der Waals surface area contributed by atoms with Crippen LogP contribution < -0.4 is 5.32 Å². The van der Waals surface area contributed by atoms with E-state index in [2.05, 4.69) is 153 Å². The maximum Gasteiger partial charge on any atom is 0.220 e. The molecule has 12 unspecified atom stereocenters. The van der Waals surface area contributed by atoms with Gasteiger partial charge in [0, 0.05) is 6.42 Å². The first-order chi connectivity index (χ1) is 46.6. The summed E-state index contributed by atoms with van der Waals surface area (Å²) >= 11 is 0. The quantitative estimate of drug-likeness (QED) is 0.0204. The Morgan fingerprint density at radius 3 is 1.16 bits per heavy atom. The van der Waals surface area contributed by atoms with Gasteiger partial charge in [-0.15, -0.1) is 0 Å². The van der Waals surface area contributed by atoms with Crippen molar-refractivity contribution >= 4 is 5.91 Å². The van der Waals surface area contributed by atoms with Crippen LogP contribution in [0, 0.1) is 0 Å². The molecule has 2 saturated heterocycles. The van der Waals surface area contributed by atoms with E-state index in [0.717, 1.165) is 116 Å². The van der Waals surface area contributed by atoms with Crippen molar-refractivity contribution in [1.29, 1.82) is 0 Å². The number of aliphatic hydroxyl groups excluding tert-OH is 8. The van der Waals surface area contributed by atoms with Crippen LogP contribution in [-0.4, -0.2) is 140 Å². The van der Waals surface area contributed by atoms with Crippen LogP contribution in [0.5, 0.6) is 0 Å². The van der Waals surface area contributed by atoms with E-state index >= 15 is 0 Å². The van der Waals surface area contributed by atoms with E-state index in [1.807, 2.05) is 6.08 Å². The van der Waals surface area contributed by atoms with E-state index in [1.54, 1.807) is 6.08 Å². The minimum absolute atomic E-state index is 0.247. The molecule has 9 N–H and O–H groups in total. The van der Waals surface area contributed by atoms with Crippen LogP contribution in [0.2, 0.25) is 0 Å². The summed E-state index contributed by atoms with van der Waals surface area (Å²) in [7, 11) is 0. The molecule has 0 aliphatic carbocycles. The van der Waals surface area contributed by atoms with Crippen molar-refractivity contribution in [1.82, 2.24) is 5.32 Å². The summed E-state index contributed by atoms with van der Waals surface area (Å²) in [6.07, 6.45) is 79.0. The lowest BCUT2D eigenvalue weighted by Crippen LogP contribution is -2.65. The third kappa shape index (κ3) is 46.7. The number of rotatable bonds is 60. The Kier molecular flexibility index (Phi) is 58.0. The van der Waals surface area contributed by atoms with Gasteiger partial charge in [-0.2, -0.15) is 0 Å². The van der Waals surface area contributed by atoms with Gasteiger partial charge in [0.05, 0.1) is 32.0 Å². The number of hydrogen-bond acceptors (Lipinski definition) is 13. The van der Waals surface area contributed by atoms with Crippen molar-refractivity contribution < 1.29 is 64.6 Å². The minimum Gasteiger partial charge on any atom is -0.394 e. The summed E-state index contributed by atoms with van der Waals surface area (Å²) in [6.45, 7) is 2.67. The maximum atomic E-state index is 13.4. The number of aliphatic hydroxyl groups is 8. The Balaban J connectivity index is 1.68. The number of carbonyl (C=O) groups excluding carboxylic acids is 1. The second-order valence-electron chi connectivity index (χ2n) is 25.7. The third-order valence-electron chi connectivity index (χ3n) is 17.3. The predicted octanol–water partition coefficient (Wildman–Crippen LogP) is 16.4. The first-order valence-corrected chi connectivity index (χ1v) is 37.6. The van der Waals surface area contributed by atoms with Crippen LogP contribution >= 0.6 is 0 Å². The van der Waals surface area contributed by atoms with Crippen LogP contribution in [-0.2, 0) is 23.7 Å². The van der Waals surface area contributed by atoms with Crippen LogP contribution in [0.25, 0.3) is 0 Å². The smallest absolute Gasteiger partial charge is 0.220 e. The molecule has 1 amide bonds. The summed E-state index contributed by atoms with van der Waals surface area (Å²) in [5, 5.41) is 87.5. The van der Waals surface area contributed by atoms with Gasteiger partial charge in [0.25, 0.3) is 0 Å². The van der Waals surface area contributed by atoms with Crippen molar-refractivity contribution in [3.05, 3.63) is 146 Å². The van der Waals surface area contributed by atoms with Crippen LogP contribution in [0.4, 0.5) is 0 Å². The molecule has 2 aliphatic heterocycles. The molecule has 95 heavy (non-hydrogen) atoms. The molecule has 0 saturated carbocycles. The van der Waals surface area contributed by atoms with Crippen molar-refractivity contribution in [3.63, 3.8) is 0 Å². The summed E-state index contributed by atoms with van der Waals surface area (Å²) in [5.41, 5.74) is 0. The van der Waals surface area contributed by atoms with Gasteiger partial charge in [-0.25, -0.2) is 0 Å². The number of carbonyl (C=O) groups is 1. The van der Waals surface area contributed by atoms with Gasteiger partial charge in [-0.05, 0) is 109 Å². The number of nitrogens with one attached hydrogen (secondary N) is 1. The van der Waals surface area contributed by atoms with Gasteiger partial charge < -0.3 is 65.1 Å². The van der Waals surface area contributed by atoms with E-state index in [-0.39, 0.29) is 18.9 Å². The maximum absolute atomic E-state index is 13.4. The average molecular weight is 1330 g/mol. The second-order valence-corrected chi connectivity index (χ2v) is 25.7. The minimum atomic E-state index is -1.80. The molecule has 2 fully saturated rings. The van der Waals surface area contributed by atoms with E-state index in [9.17, 15) is 45.6 Å². The molecule has 542 valence electrons. The molecule has 2 rings (SSSR count). The topological polar surface area (TPSA) is 228 Å². The fraction of sp³-hybridized carbons (Fsp3) is 0.691. The fourth-order valence-electron chi connectivity index (χ4n) is 11.3. The average Bonchev–Trinajstić information content (AvgIpc) is 0.927. The Morgan fingerprint density at radius 2 is 0.737 bits per heavy atom. The van der Waals surface area contributed by atoms with Gasteiger partial charge in [0.1, 0.15) is 48.8 Å². The van der Waals surface area contributed by atoms with Gasteiger partial charge in [-0.3, -0.25) is 4.79 Å². The summed E-state index contributed by atoms with van der Waals surface area (Å²) < 4.78 is 22.8. The van der Waals surface area contributed by atoms with E-state index in [0.29, 0.717) is 12.8 Å². The molecule has 12 atom stereocenters. The number of unbranched alkanes of at least 4 members (excludes halogenated alkanes) is 25. The molecule has 0 radical (unpaired) electrons. The van der Waals surface area contributed by atoms with E-state index in [4.69, 9.17) is 18.9 Å². The zero-order chi connectivity index (χ0) is 68.7. The first kappa shape index (κ1) is 87.0. The van der Waals surface area contributed by atoms with Gasteiger partial charge in [0.15, 0.2) is 12.6 Å². The van der Waals surface area contributed by atoms with Crippen LogP contribution in [0.3, 0.4) is 0 Å². The van der Waals surface area contributed by atoms with Gasteiger partial charge >= 0.3 is 0 Å². The van der Waals surface area contributed by atoms with Gasteiger partial charge in [-0.1, -0.05) is 295 Å². The summed E-state index contributed by atoms with van der Waals surface area (Å²) in [5.74, 6) is -0.268. The zero-order valence-electron chi connectivity index (χ0n) is 59.1. The molecule has 14 heteroatoms. The Labute approximate surface area is 576 Å². The third-order valence-corrected chi connectivity index (χ3v) is 17.3. The molecule has 0 aromatic rings. The first-order valence-electron chi connectivity index (χ1n) is 37.6. The zero-order valence-corrected chi connectivity index (χ0v) is 59.1. The van der Waals surface area contributed by atoms with Crippen molar-refractivity contribution in [2.45, 2.75) is 338 Å². The Hall–Kier alpha value is -4.13. The molecule has 14 nitrogen and oxygen atoms in total. The van der Waals surface area contributed by atoms with Gasteiger partial charge in [0.2, 0.25) is 5.91 Å². The molecule has 0 aromatic carbocycles. The Bertz CT molecular complexity index is 2160. The fourth-order valence-corrected chi connectivity index (χ4v) is 11.3. The molecule has 2 heterocycles. The van der Waals surface area contributed by atoms with E-state index in [1.165, 1.54) is 116 Å². The lowest BCUT2D eigenvalue weighted by atomic mass is 9.97. The lowest BCUT2D eigenvalue weighted by Gasteiger charge is -2.46. The highest BCUT2D eigenvalue weighted by Gasteiger charge is 2.51. The van der Waals surface area contributed by atoms with Crippen LogP contribution in [0.1, 0.15) is 264 Å².